The first-order valence-electron chi connectivity index (χ1n) is 6.60. The molecular formula is C14H16F2N4O2. The van der Waals surface area contributed by atoms with Gasteiger partial charge < -0.3 is 10.4 Å². The van der Waals surface area contributed by atoms with E-state index >= 15 is 0 Å². The maximum atomic E-state index is 14.1. The molecule has 1 amide bonds. The lowest BCUT2D eigenvalue weighted by atomic mass is 9.86. The Morgan fingerprint density at radius 3 is 2.77 bits per heavy atom. The van der Waals surface area contributed by atoms with Crippen molar-refractivity contribution in [2.24, 2.45) is 0 Å². The molecule has 0 unspecified atom stereocenters. The first kappa shape index (κ1) is 16.0. The third kappa shape index (κ3) is 3.28. The van der Waals surface area contributed by atoms with Crippen LogP contribution in [0.25, 0.3) is 0 Å². The van der Waals surface area contributed by atoms with Gasteiger partial charge in [0.15, 0.2) is 0 Å². The highest BCUT2D eigenvalue weighted by atomic mass is 19.1. The van der Waals surface area contributed by atoms with Gasteiger partial charge in [0.25, 0.3) is 0 Å². The van der Waals surface area contributed by atoms with E-state index in [9.17, 15) is 18.7 Å². The number of amides is 1. The zero-order chi connectivity index (χ0) is 16.3. The number of benzene rings is 1. The molecule has 1 aromatic carbocycles. The minimum atomic E-state index is -1.82. The van der Waals surface area contributed by atoms with Gasteiger partial charge in [0.1, 0.15) is 29.9 Å². The molecule has 0 fully saturated rings. The molecular weight excluding hydrogens is 294 g/mol. The third-order valence-electron chi connectivity index (χ3n) is 3.40. The molecule has 2 N–H and O–H groups in total. The van der Waals surface area contributed by atoms with Crippen LogP contribution in [0.5, 0.6) is 0 Å². The summed E-state index contributed by atoms with van der Waals surface area (Å²) in [5.74, 6) is -2.04. The van der Waals surface area contributed by atoms with Gasteiger partial charge in [0.05, 0.1) is 12.6 Å². The summed E-state index contributed by atoms with van der Waals surface area (Å²) in [6, 6.07) is 2.04. The summed E-state index contributed by atoms with van der Waals surface area (Å²) >= 11 is 0. The maximum Gasteiger partial charge on any atom is 0.217 e. The highest BCUT2D eigenvalue weighted by molar-refractivity contribution is 5.73. The molecule has 0 aliphatic rings. The van der Waals surface area contributed by atoms with Gasteiger partial charge in [-0.25, -0.2) is 18.4 Å². The normalized spacial score (nSPS) is 15.1. The number of carbonyl (C=O) groups excluding carboxylic acids is 1. The van der Waals surface area contributed by atoms with Crippen molar-refractivity contribution in [2.75, 3.05) is 0 Å². The maximum absolute atomic E-state index is 14.1. The average molecular weight is 310 g/mol. The predicted octanol–water partition coefficient (Wildman–Crippen LogP) is 0.969. The van der Waals surface area contributed by atoms with E-state index in [4.69, 9.17) is 0 Å². The lowest BCUT2D eigenvalue weighted by Gasteiger charge is -2.35. The second kappa shape index (κ2) is 6.18. The van der Waals surface area contributed by atoms with Crippen LogP contribution in [0.2, 0.25) is 0 Å². The van der Waals surface area contributed by atoms with Crippen molar-refractivity contribution in [2.45, 2.75) is 32.0 Å². The fourth-order valence-electron chi connectivity index (χ4n) is 2.28. The Morgan fingerprint density at radius 2 is 2.23 bits per heavy atom. The van der Waals surface area contributed by atoms with Gasteiger partial charge in [-0.15, -0.1) is 0 Å². The molecule has 6 nitrogen and oxygen atoms in total. The predicted molar refractivity (Wildman–Crippen MR) is 73.6 cm³/mol. The standard InChI is InChI=1S/C14H16F2N4O2/c1-9(19-10(2)21)14(22,6-20-8-17-7-18-20)12-4-3-11(15)5-13(12)16/h3-5,7-9,22H,6H2,1-2H3,(H,19,21)/t9-,14+/m1/s1. The first-order chi connectivity index (χ1) is 10.3. The summed E-state index contributed by atoms with van der Waals surface area (Å²) in [5, 5.41) is 17.4. The van der Waals surface area contributed by atoms with Gasteiger partial charge in [0, 0.05) is 18.6 Å². The number of carbonyl (C=O) groups is 1. The van der Waals surface area contributed by atoms with Crippen LogP contribution in [-0.4, -0.2) is 31.8 Å². The second-order valence-electron chi connectivity index (χ2n) is 5.06. The summed E-state index contributed by atoms with van der Waals surface area (Å²) in [5.41, 5.74) is -1.96. The zero-order valence-corrected chi connectivity index (χ0v) is 12.1. The summed E-state index contributed by atoms with van der Waals surface area (Å²) in [6.45, 7) is 2.66. The molecule has 118 valence electrons. The summed E-state index contributed by atoms with van der Waals surface area (Å²) < 4.78 is 28.5. The van der Waals surface area contributed by atoms with E-state index in [1.807, 2.05) is 0 Å². The number of aromatic nitrogens is 3. The van der Waals surface area contributed by atoms with Crippen molar-refractivity contribution < 1.29 is 18.7 Å². The van der Waals surface area contributed by atoms with E-state index in [0.29, 0.717) is 6.07 Å². The fraction of sp³-hybridized carbons (Fsp3) is 0.357. The van der Waals surface area contributed by atoms with Gasteiger partial charge in [-0.3, -0.25) is 4.79 Å². The van der Waals surface area contributed by atoms with Crippen molar-refractivity contribution in [1.29, 1.82) is 0 Å². The molecule has 0 saturated heterocycles. The summed E-state index contributed by atoms with van der Waals surface area (Å²) in [6.07, 6.45) is 2.62. The molecule has 0 radical (unpaired) electrons. The molecule has 0 aliphatic carbocycles. The van der Waals surface area contributed by atoms with Crippen molar-refractivity contribution in [3.63, 3.8) is 0 Å². The number of aliphatic hydroxyl groups is 1. The Morgan fingerprint density at radius 1 is 1.50 bits per heavy atom. The Kier molecular flexibility index (Phi) is 4.51. The molecule has 0 bridgehead atoms. The molecule has 2 rings (SSSR count). The van der Waals surface area contributed by atoms with Gasteiger partial charge >= 0.3 is 0 Å². The van der Waals surface area contributed by atoms with Crippen LogP contribution < -0.4 is 5.32 Å². The molecule has 1 heterocycles. The van der Waals surface area contributed by atoms with E-state index in [0.717, 1.165) is 12.1 Å². The fourth-order valence-corrected chi connectivity index (χ4v) is 2.28. The highest BCUT2D eigenvalue weighted by Gasteiger charge is 2.39. The largest absolute Gasteiger partial charge is 0.381 e. The quantitative estimate of drug-likeness (QED) is 0.862. The molecule has 22 heavy (non-hydrogen) atoms. The number of nitrogens with zero attached hydrogens (tertiary/aromatic N) is 3. The topological polar surface area (TPSA) is 80.0 Å². The van der Waals surface area contributed by atoms with Gasteiger partial charge in [0.2, 0.25) is 5.91 Å². The van der Waals surface area contributed by atoms with E-state index in [-0.39, 0.29) is 18.0 Å². The van der Waals surface area contributed by atoms with E-state index in [2.05, 4.69) is 15.4 Å². The van der Waals surface area contributed by atoms with Crippen LogP contribution >= 0.6 is 0 Å². The molecule has 0 spiro atoms. The summed E-state index contributed by atoms with van der Waals surface area (Å²) in [7, 11) is 0. The van der Waals surface area contributed by atoms with Crippen LogP contribution in [-0.2, 0) is 16.9 Å². The van der Waals surface area contributed by atoms with E-state index in [1.54, 1.807) is 0 Å². The lowest BCUT2D eigenvalue weighted by Crippen LogP contribution is -2.51. The molecule has 8 heteroatoms. The third-order valence-corrected chi connectivity index (χ3v) is 3.40. The Hall–Kier alpha value is -2.35. The minimum Gasteiger partial charge on any atom is -0.381 e. The monoisotopic (exact) mass is 310 g/mol. The Bertz CT molecular complexity index is 663. The van der Waals surface area contributed by atoms with Gasteiger partial charge in [-0.05, 0) is 13.0 Å². The van der Waals surface area contributed by atoms with Crippen LogP contribution in [0.3, 0.4) is 0 Å². The SMILES string of the molecule is CC(=O)N[C@H](C)[C@@](O)(Cn1cncn1)c1ccc(F)cc1F. The minimum absolute atomic E-state index is 0.134. The van der Waals surface area contributed by atoms with Crippen molar-refractivity contribution in [3.8, 4) is 0 Å². The number of nitrogens with one attached hydrogen (secondary N) is 1. The highest BCUT2D eigenvalue weighted by Crippen LogP contribution is 2.30. The second-order valence-corrected chi connectivity index (χ2v) is 5.06. The average Bonchev–Trinajstić information content (AvgIpc) is 2.90. The van der Waals surface area contributed by atoms with Crippen LogP contribution in [0.15, 0.2) is 30.9 Å². The van der Waals surface area contributed by atoms with Crippen molar-refractivity contribution >= 4 is 5.91 Å². The van der Waals surface area contributed by atoms with Crippen LogP contribution in [0, 0.1) is 11.6 Å². The molecule has 2 aromatic rings. The van der Waals surface area contributed by atoms with Crippen LogP contribution in [0.4, 0.5) is 8.78 Å². The molecule has 1 aromatic heterocycles. The molecule has 2 atom stereocenters. The van der Waals surface area contributed by atoms with E-state index < -0.39 is 23.3 Å². The van der Waals surface area contributed by atoms with Crippen molar-refractivity contribution in [3.05, 3.63) is 48.1 Å². The van der Waals surface area contributed by atoms with Gasteiger partial charge in [-0.1, -0.05) is 6.07 Å². The number of hydrogen-bond acceptors (Lipinski definition) is 4. The molecule has 0 saturated carbocycles. The number of rotatable bonds is 5. The van der Waals surface area contributed by atoms with Crippen LogP contribution in [0.1, 0.15) is 19.4 Å². The Labute approximate surface area is 125 Å². The molecule has 0 aliphatic heterocycles. The number of hydrogen-bond donors (Lipinski definition) is 2. The van der Waals surface area contributed by atoms with E-state index in [1.165, 1.54) is 31.2 Å². The summed E-state index contributed by atoms with van der Waals surface area (Å²) in [4.78, 5) is 15.0. The number of halogens is 2. The van der Waals surface area contributed by atoms with Gasteiger partial charge in [-0.2, -0.15) is 5.10 Å². The zero-order valence-electron chi connectivity index (χ0n) is 12.1. The lowest BCUT2D eigenvalue weighted by molar-refractivity contribution is -0.122. The first-order valence-corrected chi connectivity index (χ1v) is 6.60. The smallest absolute Gasteiger partial charge is 0.217 e. The van der Waals surface area contributed by atoms with Crippen molar-refractivity contribution in [1.82, 2.24) is 20.1 Å². The Balaban J connectivity index is 2.45.